The van der Waals surface area contributed by atoms with Crippen molar-refractivity contribution in [2.45, 2.75) is 13.8 Å². The Morgan fingerprint density at radius 3 is 2.67 bits per heavy atom. The molecule has 0 aliphatic carbocycles. The summed E-state index contributed by atoms with van der Waals surface area (Å²) in [5.41, 5.74) is 2.97. The number of carbonyl (C=O) groups is 1. The van der Waals surface area contributed by atoms with Crippen molar-refractivity contribution in [2.75, 3.05) is 5.32 Å². The van der Waals surface area contributed by atoms with Gasteiger partial charge in [-0.3, -0.25) is 4.79 Å². The number of benzene rings is 1. The van der Waals surface area contributed by atoms with Gasteiger partial charge in [-0.2, -0.15) is 0 Å². The van der Waals surface area contributed by atoms with Gasteiger partial charge in [-0.15, -0.1) is 0 Å². The lowest BCUT2D eigenvalue weighted by molar-refractivity contribution is 0.102. The van der Waals surface area contributed by atoms with Gasteiger partial charge in [0.1, 0.15) is 12.0 Å². The highest BCUT2D eigenvalue weighted by molar-refractivity contribution is 9.10. The molecule has 4 nitrogen and oxygen atoms in total. The van der Waals surface area contributed by atoms with Gasteiger partial charge >= 0.3 is 0 Å². The number of aryl methyl sites for hydroxylation is 2. The molecule has 5 heteroatoms. The van der Waals surface area contributed by atoms with Crippen LogP contribution < -0.4 is 5.32 Å². The second kappa shape index (κ2) is 5.27. The van der Waals surface area contributed by atoms with Crippen molar-refractivity contribution in [1.29, 1.82) is 0 Å². The van der Waals surface area contributed by atoms with Crippen LogP contribution in [0.15, 0.2) is 35.1 Å². The zero-order chi connectivity index (χ0) is 13.1. The van der Waals surface area contributed by atoms with Crippen LogP contribution in [0, 0.1) is 13.8 Å². The molecule has 1 aromatic heterocycles. The summed E-state index contributed by atoms with van der Waals surface area (Å²) in [6.07, 6.45) is 1.38. The summed E-state index contributed by atoms with van der Waals surface area (Å²) in [4.78, 5) is 19.9. The number of amides is 1. The molecule has 0 atom stereocenters. The summed E-state index contributed by atoms with van der Waals surface area (Å²) >= 11 is 3.42. The van der Waals surface area contributed by atoms with Crippen LogP contribution in [0.4, 0.5) is 5.69 Å². The predicted molar refractivity (Wildman–Crippen MR) is 73.6 cm³/mol. The van der Waals surface area contributed by atoms with Gasteiger partial charge in [0.05, 0.1) is 5.69 Å². The normalized spacial score (nSPS) is 10.2. The summed E-state index contributed by atoms with van der Waals surface area (Å²) in [6.45, 7) is 3.81. The third kappa shape index (κ3) is 2.92. The van der Waals surface area contributed by atoms with Gasteiger partial charge in [0.2, 0.25) is 0 Å². The molecule has 1 amide bonds. The van der Waals surface area contributed by atoms with E-state index in [4.69, 9.17) is 0 Å². The van der Waals surface area contributed by atoms with Crippen LogP contribution in [-0.4, -0.2) is 15.9 Å². The average molecular weight is 306 g/mol. The van der Waals surface area contributed by atoms with Gasteiger partial charge in [-0.05, 0) is 53.5 Å². The number of nitrogens with zero attached hydrogens (tertiary/aromatic N) is 2. The van der Waals surface area contributed by atoms with Crippen molar-refractivity contribution >= 4 is 27.5 Å². The molecular weight excluding hydrogens is 294 g/mol. The highest BCUT2D eigenvalue weighted by Crippen LogP contribution is 2.23. The number of anilines is 1. The van der Waals surface area contributed by atoms with Crippen LogP contribution in [0.2, 0.25) is 0 Å². The molecule has 2 rings (SSSR count). The quantitative estimate of drug-likeness (QED) is 0.927. The zero-order valence-electron chi connectivity index (χ0n) is 10.1. The molecule has 0 saturated carbocycles. The molecule has 0 aliphatic rings. The van der Waals surface area contributed by atoms with Crippen LogP contribution in [-0.2, 0) is 0 Å². The standard InChI is InChI=1S/C13H12BrN3O/c1-8-3-4-11(10(14)5-8)17-13(18)12-6-9(2)15-7-16-12/h3-7H,1-2H3,(H,17,18). The molecule has 0 unspecified atom stereocenters. The third-order valence-corrected chi connectivity index (χ3v) is 3.07. The van der Waals surface area contributed by atoms with Crippen molar-refractivity contribution in [3.8, 4) is 0 Å². The van der Waals surface area contributed by atoms with E-state index in [0.717, 1.165) is 21.4 Å². The minimum atomic E-state index is -0.245. The first kappa shape index (κ1) is 12.7. The predicted octanol–water partition coefficient (Wildman–Crippen LogP) is 3.11. The molecule has 92 valence electrons. The molecule has 0 saturated heterocycles. The van der Waals surface area contributed by atoms with Crippen LogP contribution in [0.3, 0.4) is 0 Å². The highest BCUT2D eigenvalue weighted by Gasteiger charge is 2.09. The number of halogens is 1. The summed E-state index contributed by atoms with van der Waals surface area (Å²) in [5, 5.41) is 2.80. The summed E-state index contributed by atoms with van der Waals surface area (Å²) in [6, 6.07) is 7.38. The minimum absolute atomic E-state index is 0.245. The Bertz CT molecular complexity index is 599. The Morgan fingerprint density at radius 1 is 1.22 bits per heavy atom. The minimum Gasteiger partial charge on any atom is -0.320 e. The Kier molecular flexibility index (Phi) is 3.72. The topological polar surface area (TPSA) is 54.9 Å². The Morgan fingerprint density at radius 2 is 2.00 bits per heavy atom. The number of hydrogen-bond acceptors (Lipinski definition) is 3. The first-order valence-corrected chi connectivity index (χ1v) is 6.22. The van der Waals surface area contributed by atoms with Crippen molar-refractivity contribution in [3.63, 3.8) is 0 Å². The van der Waals surface area contributed by atoms with Gasteiger partial charge in [-0.1, -0.05) is 6.07 Å². The molecule has 1 aromatic carbocycles. The maximum absolute atomic E-state index is 12.0. The number of hydrogen-bond donors (Lipinski definition) is 1. The second-order valence-electron chi connectivity index (χ2n) is 3.98. The van der Waals surface area contributed by atoms with E-state index >= 15 is 0 Å². The second-order valence-corrected chi connectivity index (χ2v) is 4.84. The lowest BCUT2D eigenvalue weighted by atomic mass is 10.2. The van der Waals surface area contributed by atoms with Gasteiger partial charge in [0, 0.05) is 10.2 Å². The third-order valence-electron chi connectivity index (χ3n) is 2.41. The molecule has 0 spiro atoms. The molecule has 0 bridgehead atoms. The number of nitrogens with one attached hydrogen (secondary N) is 1. The molecular formula is C13H12BrN3O. The van der Waals surface area contributed by atoms with Gasteiger partial charge in [0.25, 0.3) is 5.91 Å². The molecule has 2 aromatic rings. The highest BCUT2D eigenvalue weighted by atomic mass is 79.9. The lowest BCUT2D eigenvalue weighted by Crippen LogP contribution is -2.14. The monoisotopic (exact) mass is 305 g/mol. The van der Waals surface area contributed by atoms with Gasteiger partial charge in [-0.25, -0.2) is 9.97 Å². The average Bonchev–Trinajstić information content (AvgIpc) is 2.32. The fourth-order valence-electron chi connectivity index (χ4n) is 1.49. The lowest BCUT2D eigenvalue weighted by Gasteiger charge is -2.07. The van der Waals surface area contributed by atoms with Crippen LogP contribution in [0.5, 0.6) is 0 Å². The van der Waals surface area contributed by atoms with Crippen LogP contribution in [0.1, 0.15) is 21.7 Å². The molecule has 0 radical (unpaired) electrons. The van der Waals surface area contributed by atoms with Crippen LogP contribution >= 0.6 is 15.9 Å². The SMILES string of the molecule is Cc1ccc(NC(=O)c2cc(C)ncn2)c(Br)c1. The van der Waals surface area contributed by atoms with E-state index in [1.807, 2.05) is 32.0 Å². The largest absolute Gasteiger partial charge is 0.320 e. The van der Waals surface area contributed by atoms with E-state index in [1.54, 1.807) is 6.07 Å². The number of rotatable bonds is 2. The maximum Gasteiger partial charge on any atom is 0.274 e. The van der Waals surface area contributed by atoms with Crippen molar-refractivity contribution in [3.05, 3.63) is 52.0 Å². The zero-order valence-corrected chi connectivity index (χ0v) is 11.7. The molecule has 0 fully saturated rings. The molecule has 18 heavy (non-hydrogen) atoms. The van der Waals surface area contributed by atoms with E-state index in [0.29, 0.717) is 5.69 Å². The number of aromatic nitrogens is 2. The Hall–Kier alpha value is -1.75. The summed E-state index contributed by atoms with van der Waals surface area (Å²) in [7, 11) is 0. The Labute approximate surface area is 114 Å². The smallest absolute Gasteiger partial charge is 0.274 e. The first-order valence-electron chi connectivity index (χ1n) is 5.42. The van der Waals surface area contributed by atoms with Gasteiger partial charge in [0.15, 0.2) is 0 Å². The van der Waals surface area contributed by atoms with Crippen LogP contribution in [0.25, 0.3) is 0 Å². The Balaban J connectivity index is 2.21. The fourth-order valence-corrected chi connectivity index (χ4v) is 2.08. The summed E-state index contributed by atoms with van der Waals surface area (Å²) in [5.74, 6) is -0.245. The van der Waals surface area contributed by atoms with E-state index in [1.165, 1.54) is 6.33 Å². The van der Waals surface area contributed by atoms with E-state index in [2.05, 4.69) is 31.2 Å². The van der Waals surface area contributed by atoms with Crippen molar-refractivity contribution < 1.29 is 4.79 Å². The maximum atomic E-state index is 12.0. The van der Waals surface area contributed by atoms with E-state index in [-0.39, 0.29) is 5.91 Å². The van der Waals surface area contributed by atoms with Gasteiger partial charge < -0.3 is 5.32 Å². The molecule has 1 heterocycles. The molecule has 0 aliphatic heterocycles. The fraction of sp³-hybridized carbons (Fsp3) is 0.154. The van der Waals surface area contributed by atoms with Crippen molar-refractivity contribution in [1.82, 2.24) is 9.97 Å². The van der Waals surface area contributed by atoms with E-state index < -0.39 is 0 Å². The number of carbonyl (C=O) groups excluding carboxylic acids is 1. The van der Waals surface area contributed by atoms with E-state index in [9.17, 15) is 4.79 Å². The van der Waals surface area contributed by atoms with Crippen molar-refractivity contribution in [2.24, 2.45) is 0 Å². The first-order chi connectivity index (χ1) is 8.56. The summed E-state index contributed by atoms with van der Waals surface area (Å²) < 4.78 is 0.849. The molecule has 1 N–H and O–H groups in total.